The molecule has 0 radical (unpaired) electrons. The highest BCUT2D eigenvalue weighted by Gasteiger charge is 2.12. The smallest absolute Gasteiger partial charge is 0.339 e. The van der Waals surface area contributed by atoms with Gasteiger partial charge in [-0.25, -0.2) is 4.79 Å². The zero-order valence-electron chi connectivity index (χ0n) is 13.1. The molecule has 0 saturated carbocycles. The molecule has 122 valence electrons. The molecule has 2 N–H and O–H groups in total. The zero-order valence-corrected chi connectivity index (χ0v) is 13.1. The van der Waals surface area contributed by atoms with E-state index in [-0.39, 0.29) is 11.3 Å². The molecule has 0 unspecified atom stereocenters. The van der Waals surface area contributed by atoms with Crippen LogP contribution in [0.15, 0.2) is 60.7 Å². The number of rotatable bonds is 6. The van der Waals surface area contributed by atoms with Gasteiger partial charge in [-0.3, -0.25) is 0 Å². The van der Waals surface area contributed by atoms with E-state index in [2.05, 4.69) is 12.1 Å². The van der Waals surface area contributed by atoms with Gasteiger partial charge in [0.1, 0.15) is 17.1 Å². The van der Waals surface area contributed by atoms with Gasteiger partial charge in [0.05, 0.1) is 6.61 Å². The molecule has 0 aromatic heterocycles. The number of hydrogen-bond acceptors (Lipinski definition) is 3. The van der Waals surface area contributed by atoms with Crippen molar-refractivity contribution >= 4 is 16.7 Å². The minimum Gasteiger partial charge on any atom is -0.507 e. The number of fused-ring (bicyclic) bond motifs is 1. The van der Waals surface area contributed by atoms with E-state index in [1.54, 1.807) is 6.07 Å². The minimum absolute atomic E-state index is 0.108. The third-order valence-corrected chi connectivity index (χ3v) is 3.90. The van der Waals surface area contributed by atoms with Crippen molar-refractivity contribution in [1.29, 1.82) is 0 Å². The Hall–Kier alpha value is -3.01. The molecule has 0 atom stereocenters. The van der Waals surface area contributed by atoms with E-state index >= 15 is 0 Å². The van der Waals surface area contributed by atoms with Gasteiger partial charge in [-0.1, -0.05) is 42.5 Å². The molecule has 0 fully saturated rings. The van der Waals surface area contributed by atoms with Crippen LogP contribution in [0.25, 0.3) is 10.8 Å². The lowest BCUT2D eigenvalue weighted by molar-refractivity contribution is 0.0694. The van der Waals surface area contributed by atoms with Gasteiger partial charge in [0.2, 0.25) is 0 Å². The predicted octanol–water partition coefficient (Wildman–Crippen LogP) is 4.26. The number of aromatic carboxylic acids is 1. The second-order valence-corrected chi connectivity index (χ2v) is 5.59. The summed E-state index contributed by atoms with van der Waals surface area (Å²) in [6.45, 7) is 0.551. The van der Waals surface area contributed by atoms with Gasteiger partial charge in [0.15, 0.2) is 0 Å². The molecular weight excluding hydrogens is 304 g/mol. The number of aryl methyl sites for hydroxylation is 1. The number of hydrogen-bond donors (Lipinski definition) is 2. The number of carboxylic acids is 1. The predicted molar refractivity (Wildman–Crippen MR) is 92.8 cm³/mol. The molecule has 0 aliphatic rings. The first-order chi connectivity index (χ1) is 11.6. The van der Waals surface area contributed by atoms with Crippen molar-refractivity contribution in [2.75, 3.05) is 6.61 Å². The SMILES string of the molecule is O=C(O)c1cc2cccc(OCCCc3ccccc3)c2cc1O. The van der Waals surface area contributed by atoms with Crippen LogP contribution in [0.2, 0.25) is 0 Å². The van der Waals surface area contributed by atoms with Crippen molar-refractivity contribution in [3.05, 3.63) is 71.8 Å². The highest BCUT2D eigenvalue weighted by Crippen LogP contribution is 2.31. The van der Waals surface area contributed by atoms with Crippen LogP contribution in [0.5, 0.6) is 11.5 Å². The number of carbonyl (C=O) groups is 1. The summed E-state index contributed by atoms with van der Waals surface area (Å²) in [5.41, 5.74) is 1.16. The fourth-order valence-electron chi connectivity index (χ4n) is 2.69. The Labute approximate surface area is 139 Å². The fourth-order valence-corrected chi connectivity index (χ4v) is 2.69. The number of carboxylic acid groups (broad SMARTS) is 1. The van der Waals surface area contributed by atoms with Crippen LogP contribution in [0.4, 0.5) is 0 Å². The molecule has 3 aromatic carbocycles. The van der Waals surface area contributed by atoms with E-state index < -0.39 is 5.97 Å². The first-order valence-corrected chi connectivity index (χ1v) is 7.81. The summed E-state index contributed by atoms with van der Waals surface area (Å²) >= 11 is 0. The normalized spacial score (nSPS) is 10.7. The fraction of sp³-hybridized carbons (Fsp3) is 0.150. The molecule has 0 aliphatic heterocycles. The van der Waals surface area contributed by atoms with Crippen LogP contribution in [0.3, 0.4) is 0 Å². The Bertz CT molecular complexity index is 856. The molecule has 0 saturated heterocycles. The van der Waals surface area contributed by atoms with Crippen LogP contribution in [-0.2, 0) is 6.42 Å². The Kier molecular flexibility index (Phi) is 4.66. The maximum atomic E-state index is 11.1. The number of aromatic hydroxyl groups is 1. The first-order valence-electron chi connectivity index (χ1n) is 7.81. The van der Waals surface area contributed by atoms with Gasteiger partial charge in [-0.2, -0.15) is 0 Å². The molecule has 0 aliphatic carbocycles. The van der Waals surface area contributed by atoms with E-state index in [4.69, 9.17) is 9.84 Å². The molecular formula is C20H18O4. The molecule has 4 nitrogen and oxygen atoms in total. The molecule has 4 heteroatoms. The van der Waals surface area contributed by atoms with E-state index in [1.807, 2.05) is 30.3 Å². The first kappa shape index (κ1) is 15.9. The average Bonchev–Trinajstić information content (AvgIpc) is 2.59. The Balaban J connectivity index is 1.72. The maximum absolute atomic E-state index is 11.1. The van der Waals surface area contributed by atoms with Crippen LogP contribution in [0, 0.1) is 0 Å². The van der Waals surface area contributed by atoms with Gasteiger partial charge in [0.25, 0.3) is 0 Å². The number of benzene rings is 3. The van der Waals surface area contributed by atoms with E-state index in [0.29, 0.717) is 17.7 Å². The zero-order chi connectivity index (χ0) is 16.9. The van der Waals surface area contributed by atoms with Crippen LogP contribution in [0.1, 0.15) is 22.3 Å². The lowest BCUT2D eigenvalue weighted by Crippen LogP contribution is -2.01. The van der Waals surface area contributed by atoms with E-state index in [1.165, 1.54) is 17.7 Å². The summed E-state index contributed by atoms with van der Waals surface area (Å²) in [6.07, 6.45) is 1.81. The highest BCUT2D eigenvalue weighted by molar-refractivity contribution is 5.99. The number of phenols is 1. The van der Waals surface area contributed by atoms with Crippen molar-refractivity contribution in [3.63, 3.8) is 0 Å². The molecule has 0 spiro atoms. The summed E-state index contributed by atoms with van der Waals surface area (Å²) in [7, 11) is 0. The highest BCUT2D eigenvalue weighted by atomic mass is 16.5. The van der Waals surface area contributed by atoms with Gasteiger partial charge < -0.3 is 14.9 Å². The quantitative estimate of drug-likeness (QED) is 0.666. The van der Waals surface area contributed by atoms with Gasteiger partial charge >= 0.3 is 5.97 Å². The van der Waals surface area contributed by atoms with E-state index in [0.717, 1.165) is 18.2 Å². The second kappa shape index (κ2) is 7.04. The van der Waals surface area contributed by atoms with Crippen molar-refractivity contribution in [1.82, 2.24) is 0 Å². The average molecular weight is 322 g/mol. The van der Waals surface area contributed by atoms with Crippen molar-refractivity contribution in [3.8, 4) is 11.5 Å². The third kappa shape index (κ3) is 3.49. The van der Waals surface area contributed by atoms with Crippen LogP contribution < -0.4 is 4.74 Å². The molecule has 3 aromatic rings. The molecule has 24 heavy (non-hydrogen) atoms. The van der Waals surface area contributed by atoms with Crippen LogP contribution >= 0.6 is 0 Å². The Morgan fingerprint density at radius 1 is 1.00 bits per heavy atom. The van der Waals surface area contributed by atoms with Crippen molar-refractivity contribution in [2.45, 2.75) is 12.8 Å². The largest absolute Gasteiger partial charge is 0.507 e. The lowest BCUT2D eigenvalue weighted by atomic mass is 10.0. The lowest BCUT2D eigenvalue weighted by Gasteiger charge is -2.11. The van der Waals surface area contributed by atoms with E-state index in [9.17, 15) is 9.90 Å². The van der Waals surface area contributed by atoms with Crippen molar-refractivity contribution in [2.24, 2.45) is 0 Å². The Morgan fingerprint density at radius 3 is 2.54 bits per heavy atom. The van der Waals surface area contributed by atoms with Gasteiger partial charge in [-0.15, -0.1) is 0 Å². The summed E-state index contributed by atoms with van der Waals surface area (Å²) in [4.78, 5) is 11.1. The summed E-state index contributed by atoms with van der Waals surface area (Å²) in [5, 5.41) is 20.4. The van der Waals surface area contributed by atoms with Gasteiger partial charge in [0, 0.05) is 5.39 Å². The molecule has 0 heterocycles. The number of ether oxygens (including phenoxy) is 1. The standard InChI is InChI=1S/C20H18O4/c21-18-13-16-15(12-17(18)20(22)23)9-4-10-19(16)24-11-5-8-14-6-2-1-3-7-14/h1-4,6-7,9-10,12-13,21H,5,8,11H2,(H,22,23). The topological polar surface area (TPSA) is 66.8 Å². The Morgan fingerprint density at radius 2 is 1.79 bits per heavy atom. The van der Waals surface area contributed by atoms with Gasteiger partial charge in [-0.05, 0) is 42.0 Å². The monoisotopic (exact) mass is 322 g/mol. The summed E-state index contributed by atoms with van der Waals surface area (Å²) in [6, 6.07) is 18.6. The van der Waals surface area contributed by atoms with Crippen LogP contribution in [-0.4, -0.2) is 22.8 Å². The summed E-state index contributed by atoms with van der Waals surface area (Å²) < 4.78 is 5.84. The third-order valence-electron chi connectivity index (χ3n) is 3.90. The molecule has 0 amide bonds. The molecule has 3 rings (SSSR count). The maximum Gasteiger partial charge on any atom is 0.339 e. The second-order valence-electron chi connectivity index (χ2n) is 5.59. The summed E-state index contributed by atoms with van der Waals surface area (Å²) in [5.74, 6) is -0.758. The minimum atomic E-state index is -1.15. The van der Waals surface area contributed by atoms with Crippen molar-refractivity contribution < 1.29 is 19.7 Å². The molecule has 0 bridgehead atoms.